The Kier molecular flexibility index (Phi) is 3.06. The number of nitrogens with zero attached hydrogens (tertiary/aromatic N) is 1. The largest absolute Gasteiger partial charge is 0.487 e. The summed E-state index contributed by atoms with van der Waals surface area (Å²) in [6.45, 7) is 2.08. The Hall–Kier alpha value is -2.14. The lowest BCUT2D eigenvalue weighted by atomic mass is 10.1. The van der Waals surface area contributed by atoms with Crippen molar-refractivity contribution in [2.75, 3.05) is 6.61 Å². The Labute approximate surface area is 117 Å². The predicted molar refractivity (Wildman–Crippen MR) is 76.1 cm³/mol. The number of hydrogen-bond acceptors (Lipinski definition) is 4. The van der Waals surface area contributed by atoms with Crippen molar-refractivity contribution in [3.05, 3.63) is 59.3 Å². The lowest BCUT2D eigenvalue weighted by Crippen LogP contribution is -1.99. The first kappa shape index (κ1) is 12.9. The average Bonchev–Trinajstić information content (AvgIpc) is 2.69. The fourth-order valence-electron chi connectivity index (χ4n) is 2.15. The molecule has 20 heavy (non-hydrogen) atoms. The van der Waals surface area contributed by atoms with Crippen molar-refractivity contribution in [3.8, 4) is 5.75 Å². The molecular weight excluding hydrogens is 274 g/mol. The van der Waals surface area contributed by atoms with Gasteiger partial charge in [-0.1, -0.05) is 12.1 Å². The van der Waals surface area contributed by atoms with Crippen LogP contribution in [0.3, 0.4) is 0 Å². The summed E-state index contributed by atoms with van der Waals surface area (Å²) in [7, 11) is -3.34. The van der Waals surface area contributed by atoms with E-state index in [4.69, 9.17) is 4.74 Å². The zero-order chi connectivity index (χ0) is 14.2. The first-order chi connectivity index (χ1) is 9.56. The molecule has 0 bridgehead atoms. The minimum absolute atomic E-state index is 0.209. The van der Waals surface area contributed by atoms with Gasteiger partial charge in [-0.25, -0.2) is 8.42 Å². The van der Waals surface area contributed by atoms with E-state index in [1.54, 1.807) is 30.6 Å². The maximum Gasteiger partial charge on any atom is 0.200 e. The molecule has 2 heterocycles. The number of aryl methyl sites for hydroxylation is 1. The summed E-state index contributed by atoms with van der Waals surface area (Å²) in [6.07, 6.45) is 3.25. The van der Waals surface area contributed by atoms with Gasteiger partial charge in [-0.2, -0.15) is 0 Å². The highest BCUT2D eigenvalue weighted by molar-refractivity contribution is 7.95. The van der Waals surface area contributed by atoms with Gasteiger partial charge in [0.2, 0.25) is 9.84 Å². The van der Waals surface area contributed by atoms with E-state index in [9.17, 15) is 8.42 Å². The summed E-state index contributed by atoms with van der Waals surface area (Å²) >= 11 is 0. The molecule has 1 aromatic carbocycles. The number of hydrogen-bond donors (Lipinski definition) is 0. The highest BCUT2D eigenvalue weighted by atomic mass is 32.2. The molecule has 0 radical (unpaired) electrons. The molecule has 102 valence electrons. The van der Waals surface area contributed by atoms with Gasteiger partial charge in [0.1, 0.15) is 12.4 Å². The van der Waals surface area contributed by atoms with Crippen LogP contribution in [-0.4, -0.2) is 20.0 Å². The summed E-state index contributed by atoms with van der Waals surface area (Å²) in [4.78, 5) is 4.31. The zero-order valence-electron chi connectivity index (χ0n) is 10.9. The van der Waals surface area contributed by atoms with E-state index >= 15 is 0 Å². The quantitative estimate of drug-likeness (QED) is 0.870. The maximum absolute atomic E-state index is 12.1. The number of ether oxygens (including phenoxy) is 1. The Morgan fingerprint density at radius 2 is 2.10 bits per heavy atom. The van der Waals surface area contributed by atoms with Crippen molar-refractivity contribution < 1.29 is 13.2 Å². The van der Waals surface area contributed by atoms with Crippen LogP contribution in [0.1, 0.15) is 11.1 Å². The lowest BCUT2D eigenvalue weighted by Gasteiger charge is -2.07. The molecule has 1 aliphatic rings. The fraction of sp³-hybridized carbons (Fsp3) is 0.133. The molecule has 0 spiro atoms. The molecule has 0 fully saturated rings. The number of rotatable bonds is 3. The summed E-state index contributed by atoms with van der Waals surface area (Å²) in [6, 6.07) is 8.98. The van der Waals surface area contributed by atoms with Gasteiger partial charge in [-0.05, 0) is 30.7 Å². The topological polar surface area (TPSA) is 56.3 Å². The van der Waals surface area contributed by atoms with E-state index in [2.05, 4.69) is 4.98 Å². The normalized spacial score (nSPS) is 15.6. The summed E-state index contributed by atoms with van der Waals surface area (Å²) in [5, 5.41) is 1.29. The van der Waals surface area contributed by atoms with Gasteiger partial charge in [-0.3, -0.25) is 4.98 Å². The van der Waals surface area contributed by atoms with Gasteiger partial charge < -0.3 is 4.74 Å². The van der Waals surface area contributed by atoms with Gasteiger partial charge in [0.25, 0.3) is 0 Å². The van der Waals surface area contributed by atoms with Crippen LogP contribution in [0, 0.1) is 6.92 Å². The summed E-state index contributed by atoms with van der Waals surface area (Å²) < 4.78 is 29.7. The molecule has 0 amide bonds. The standard InChI is InChI=1S/C15H13NO3S/c1-11-4-5-14-12(10-20(17,18)15(14)7-11)9-19-13-3-2-6-16-8-13/h2-8,10H,9H2,1H3. The molecule has 0 aliphatic carbocycles. The molecule has 5 heteroatoms. The van der Waals surface area contributed by atoms with Crippen LogP contribution < -0.4 is 4.74 Å². The average molecular weight is 287 g/mol. The predicted octanol–water partition coefficient (Wildman–Crippen LogP) is 2.60. The molecular formula is C15H13NO3S. The molecule has 1 aliphatic heterocycles. The number of pyridine rings is 1. The van der Waals surface area contributed by atoms with E-state index in [1.807, 2.05) is 19.1 Å². The van der Waals surface area contributed by atoms with E-state index in [0.29, 0.717) is 16.2 Å². The molecule has 0 unspecified atom stereocenters. The summed E-state index contributed by atoms with van der Waals surface area (Å²) in [5.74, 6) is 0.617. The number of fused-ring (bicyclic) bond motifs is 1. The van der Waals surface area contributed by atoms with Gasteiger partial charge >= 0.3 is 0 Å². The molecule has 0 saturated heterocycles. The minimum Gasteiger partial charge on any atom is -0.487 e. The SMILES string of the molecule is Cc1ccc2c(c1)S(=O)(=O)C=C2COc1cccnc1. The van der Waals surface area contributed by atoms with Crippen LogP contribution >= 0.6 is 0 Å². The minimum atomic E-state index is -3.34. The van der Waals surface area contributed by atoms with Crippen LogP contribution in [0.2, 0.25) is 0 Å². The zero-order valence-corrected chi connectivity index (χ0v) is 11.7. The monoisotopic (exact) mass is 287 g/mol. The van der Waals surface area contributed by atoms with Crippen LogP contribution in [0.25, 0.3) is 5.57 Å². The third-order valence-corrected chi connectivity index (χ3v) is 4.66. The summed E-state index contributed by atoms with van der Waals surface area (Å²) in [5.41, 5.74) is 2.32. The number of sulfone groups is 1. The first-order valence-electron chi connectivity index (χ1n) is 6.16. The van der Waals surface area contributed by atoms with E-state index < -0.39 is 9.84 Å². The van der Waals surface area contributed by atoms with Gasteiger partial charge in [0, 0.05) is 22.7 Å². The van der Waals surface area contributed by atoms with E-state index in [1.165, 1.54) is 5.41 Å². The molecule has 0 saturated carbocycles. The molecule has 1 aromatic heterocycles. The van der Waals surface area contributed by atoms with Crippen molar-refractivity contribution in [1.29, 1.82) is 0 Å². The molecule has 4 nitrogen and oxygen atoms in total. The van der Waals surface area contributed by atoms with Crippen LogP contribution in [-0.2, 0) is 9.84 Å². The van der Waals surface area contributed by atoms with Crippen LogP contribution in [0.15, 0.2) is 53.0 Å². The molecule has 0 N–H and O–H groups in total. The third-order valence-electron chi connectivity index (χ3n) is 3.12. The lowest BCUT2D eigenvalue weighted by molar-refractivity contribution is 0.368. The number of aromatic nitrogens is 1. The van der Waals surface area contributed by atoms with Gasteiger partial charge in [0.15, 0.2) is 0 Å². The Bertz CT molecular complexity index is 780. The molecule has 3 rings (SSSR count). The van der Waals surface area contributed by atoms with Crippen molar-refractivity contribution in [3.63, 3.8) is 0 Å². The second-order valence-electron chi connectivity index (χ2n) is 4.67. The third kappa shape index (κ3) is 2.32. The van der Waals surface area contributed by atoms with Gasteiger partial charge in [0.05, 0.1) is 11.1 Å². The van der Waals surface area contributed by atoms with Crippen LogP contribution in [0.5, 0.6) is 5.75 Å². The Morgan fingerprint density at radius 1 is 1.25 bits per heavy atom. The van der Waals surface area contributed by atoms with Crippen LogP contribution in [0.4, 0.5) is 0 Å². The Morgan fingerprint density at radius 3 is 2.85 bits per heavy atom. The highest BCUT2D eigenvalue weighted by Crippen LogP contribution is 2.34. The molecule has 2 aromatic rings. The fourth-order valence-corrected chi connectivity index (χ4v) is 3.70. The van der Waals surface area contributed by atoms with Crippen molar-refractivity contribution >= 4 is 15.4 Å². The Balaban J connectivity index is 1.89. The maximum atomic E-state index is 12.1. The smallest absolute Gasteiger partial charge is 0.200 e. The second kappa shape index (κ2) is 4.76. The van der Waals surface area contributed by atoms with Crippen molar-refractivity contribution in [1.82, 2.24) is 4.98 Å². The van der Waals surface area contributed by atoms with Crippen molar-refractivity contribution in [2.45, 2.75) is 11.8 Å². The van der Waals surface area contributed by atoms with Crippen molar-refractivity contribution in [2.24, 2.45) is 0 Å². The molecule has 0 atom stereocenters. The van der Waals surface area contributed by atoms with E-state index in [-0.39, 0.29) is 6.61 Å². The van der Waals surface area contributed by atoms with E-state index in [0.717, 1.165) is 11.1 Å². The second-order valence-corrected chi connectivity index (χ2v) is 6.43. The highest BCUT2D eigenvalue weighted by Gasteiger charge is 2.27. The first-order valence-corrected chi connectivity index (χ1v) is 7.70. The van der Waals surface area contributed by atoms with Gasteiger partial charge in [-0.15, -0.1) is 0 Å². The number of benzene rings is 1.